The predicted molar refractivity (Wildman–Crippen MR) is 75.4 cm³/mol. The Kier molecular flexibility index (Phi) is 3.79. The van der Waals surface area contributed by atoms with E-state index < -0.39 is 10.8 Å². The first-order chi connectivity index (χ1) is 9.47. The molecule has 0 atom stereocenters. The highest BCUT2D eigenvalue weighted by molar-refractivity contribution is 5.93. The number of aryl methyl sites for hydroxylation is 1. The second kappa shape index (κ2) is 5.52. The number of carbonyl (C=O) groups is 1. The molecule has 1 aromatic heterocycles. The monoisotopic (exact) mass is 274 g/mol. The molecule has 0 fully saturated rings. The lowest BCUT2D eigenvalue weighted by molar-refractivity contribution is -0.384. The zero-order valence-corrected chi connectivity index (χ0v) is 10.9. The van der Waals surface area contributed by atoms with E-state index in [2.05, 4.69) is 10.3 Å². The number of amides is 1. The number of hydrogen-bond acceptors (Lipinski definition) is 5. The zero-order valence-electron chi connectivity index (χ0n) is 10.9. The summed E-state index contributed by atoms with van der Waals surface area (Å²) in [6.07, 6.45) is 0.192. The zero-order chi connectivity index (χ0) is 14.7. The van der Waals surface area contributed by atoms with Crippen LogP contribution < -0.4 is 11.1 Å². The fraction of sp³-hybridized carbons (Fsp3) is 0.231. The first-order valence-corrected chi connectivity index (χ1v) is 6.05. The summed E-state index contributed by atoms with van der Waals surface area (Å²) < 4.78 is 0. The number of nitrogens with one attached hydrogen (secondary N) is 1. The Morgan fingerprint density at radius 3 is 2.85 bits per heavy atom. The molecule has 0 bridgehead atoms. The molecule has 0 aliphatic heterocycles. The number of primary amides is 1. The van der Waals surface area contributed by atoms with Gasteiger partial charge in [-0.05, 0) is 19.1 Å². The number of pyridine rings is 1. The summed E-state index contributed by atoms with van der Waals surface area (Å²) >= 11 is 0. The molecule has 1 aromatic carbocycles. The third-order valence-corrected chi connectivity index (χ3v) is 2.82. The molecule has 20 heavy (non-hydrogen) atoms. The van der Waals surface area contributed by atoms with Crippen LogP contribution in [0, 0.1) is 17.0 Å². The van der Waals surface area contributed by atoms with Crippen molar-refractivity contribution in [3.8, 4) is 0 Å². The number of fused-ring (bicyclic) bond motifs is 1. The molecule has 1 heterocycles. The Balaban J connectivity index is 2.42. The van der Waals surface area contributed by atoms with Gasteiger partial charge in [0.1, 0.15) is 0 Å². The molecule has 0 aliphatic rings. The maximum absolute atomic E-state index is 10.8. The summed E-state index contributed by atoms with van der Waals surface area (Å²) in [4.78, 5) is 25.4. The van der Waals surface area contributed by atoms with Gasteiger partial charge in [-0.2, -0.15) is 0 Å². The minimum absolute atomic E-state index is 0.00102. The maximum Gasteiger partial charge on any atom is 0.270 e. The van der Waals surface area contributed by atoms with Gasteiger partial charge in [-0.3, -0.25) is 19.9 Å². The highest BCUT2D eigenvalue weighted by atomic mass is 16.6. The number of benzene rings is 1. The van der Waals surface area contributed by atoms with Crippen molar-refractivity contribution in [3.63, 3.8) is 0 Å². The Labute approximate surface area is 114 Å². The Morgan fingerprint density at radius 1 is 1.45 bits per heavy atom. The van der Waals surface area contributed by atoms with E-state index in [4.69, 9.17) is 5.73 Å². The molecule has 7 heteroatoms. The smallest absolute Gasteiger partial charge is 0.270 e. The van der Waals surface area contributed by atoms with Gasteiger partial charge in [0.05, 0.1) is 10.4 Å². The average Bonchev–Trinajstić information content (AvgIpc) is 2.37. The van der Waals surface area contributed by atoms with E-state index in [-0.39, 0.29) is 12.1 Å². The SMILES string of the molecule is Cc1cc(NCCC(N)=O)c2cc([N+](=O)[O-])ccc2n1. The van der Waals surface area contributed by atoms with E-state index in [1.165, 1.54) is 12.1 Å². The quantitative estimate of drug-likeness (QED) is 0.637. The second-order valence-corrected chi connectivity index (χ2v) is 4.41. The molecule has 0 radical (unpaired) electrons. The van der Waals surface area contributed by atoms with Crippen LogP contribution in [0.4, 0.5) is 11.4 Å². The topological polar surface area (TPSA) is 111 Å². The van der Waals surface area contributed by atoms with Crippen LogP contribution in [-0.4, -0.2) is 22.4 Å². The number of anilines is 1. The number of non-ortho nitro benzene ring substituents is 1. The van der Waals surface area contributed by atoms with Crippen molar-refractivity contribution in [3.05, 3.63) is 40.1 Å². The second-order valence-electron chi connectivity index (χ2n) is 4.41. The van der Waals surface area contributed by atoms with E-state index in [9.17, 15) is 14.9 Å². The minimum Gasteiger partial charge on any atom is -0.384 e. The number of hydrogen-bond donors (Lipinski definition) is 2. The summed E-state index contributed by atoms with van der Waals surface area (Å²) in [5.74, 6) is -0.404. The van der Waals surface area contributed by atoms with Crippen LogP contribution in [0.1, 0.15) is 12.1 Å². The predicted octanol–water partition coefficient (Wildman–Crippen LogP) is 1.74. The van der Waals surface area contributed by atoms with E-state index in [0.29, 0.717) is 23.1 Å². The summed E-state index contributed by atoms with van der Waals surface area (Å²) in [7, 11) is 0. The van der Waals surface area contributed by atoms with Crippen LogP contribution in [0.5, 0.6) is 0 Å². The van der Waals surface area contributed by atoms with Gasteiger partial charge in [0.25, 0.3) is 5.69 Å². The van der Waals surface area contributed by atoms with E-state index in [1.54, 1.807) is 12.1 Å². The number of nitrogens with zero attached hydrogens (tertiary/aromatic N) is 2. The third-order valence-electron chi connectivity index (χ3n) is 2.82. The maximum atomic E-state index is 10.8. The van der Waals surface area contributed by atoms with Crippen LogP contribution in [-0.2, 0) is 4.79 Å². The van der Waals surface area contributed by atoms with Gasteiger partial charge in [-0.25, -0.2) is 0 Å². The van der Waals surface area contributed by atoms with E-state index in [1.807, 2.05) is 6.92 Å². The Morgan fingerprint density at radius 2 is 2.20 bits per heavy atom. The molecule has 0 saturated carbocycles. The van der Waals surface area contributed by atoms with Crippen LogP contribution in [0.3, 0.4) is 0 Å². The largest absolute Gasteiger partial charge is 0.384 e. The molecule has 104 valence electrons. The summed E-state index contributed by atoms with van der Waals surface area (Å²) in [6, 6.07) is 6.28. The molecule has 2 aromatic rings. The average molecular weight is 274 g/mol. The van der Waals surface area contributed by atoms with E-state index in [0.717, 1.165) is 5.69 Å². The van der Waals surface area contributed by atoms with Crippen molar-refractivity contribution in [2.24, 2.45) is 5.73 Å². The van der Waals surface area contributed by atoms with Gasteiger partial charge in [-0.15, -0.1) is 0 Å². The fourth-order valence-corrected chi connectivity index (χ4v) is 1.93. The van der Waals surface area contributed by atoms with Crippen molar-refractivity contribution < 1.29 is 9.72 Å². The van der Waals surface area contributed by atoms with Crippen molar-refractivity contribution in [1.29, 1.82) is 0 Å². The number of carbonyl (C=O) groups excluding carboxylic acids is 1. The van der Waals surface area contributed by atoms with Gasteiger partial charge >= 0.3 is 0 Å². The van der Waals surface area contributed by atoms with E-state index >= 15 is 0 Å². The van der Waals surface area contributed by atoms with Crippen LogP contribution in [0.15, 0.2) is 24.3 Å². The van der Waals surface area contributed by atoms with Gasteiger partial charge in [-0.1, -0.05) is 0 Å². The van der Waals surface area contributed by atoms with Crippen molar-refractivity contribution in [2.45, 2.75) is 13.3 Å². The molecule has 1 amide bonds. The minimum atomic E-state index is -0.452. The molecule has 7 nitrogen and oxygen atoms in total. The normalized spacial score (nSPS) is 10.4. The van der Waals surface area contributed by atoms with Gasteiger partial charge in [0.2, 0.25) is 5.91 Å². The summed E-state index contributed by atoms with van der Waals surface area (Å²) in [5, 5.41) is 14.5. The first-order valence-electron chi connectivity index (χ1n) is 6.05. The molecule has 0 saturated heterocycles. The third kappa shape index (κ3) is 3.00. The molecular formula is C13H14N4O3. The number of nitro benzene ring substituents is 1. The number of nitrogens with two attached hydrogens (primary N) is 1. The first kappa shape index (κ1) is 13.7. The van der Waals surface area contributed by atoms with Gasteiger partial charge < -0.3 is 11.1 Å². The molecule has 0 unspecified atom stereocenters. The van der Waals surface area contributed by atoms with Crippen molar-refractivity contribution >= 4 is 28.2 Å². The molecule has 0 aliphatic carbocycles. The van der Waals surface area contributed by atoms with Crippen LogP contribution >= 0.6 is 0 Å². The standard InChI is InChI=1S/C13H14N4O3/c1-8-6-12(15-5-4-13(14)18)10-7-9(17(19)20)2-3-11(10)16-8/h2-3,6-7H,4-5H2,1H3,(H2,14,18)(H,15,16). The highest BCUT2D eigenvalue weighted by Crippen LogP contribution is 2.27. The van der Waals surface area contributed by atoms with Crippen molar-refractivity contribution in [2.75, 3.05) is 11.9 Å². The van der Waals surface area contributed by atoms with Crippen LogP contribution in [0.2, 0.25) is 0 Å². The fourth-order valence-electron chi connectivity index (χ4n) is 1.93. The number of rotatable bonds is 5. The molecule has 3 N–H and O–H groups in total. The molecule has 0 spiro atoms. The van der Waals surface area contributed by atoms with Crippen LogP contribution in [0.25, 0.3) is 10.9 Å². The van der Waals surface area contributed by atoms with Gasteiger partial charge in [0.15, 0.2) is 0 Å². The Hall–Kier alpha value is -2.70. The highest BCUT2D eigenvalue weighted by Gasteiger charge is 2.10. The number of nitro groups is 1. The summed E-state index contributed by atoms with van der Waals surface area (Å²) in [6.45, 7) is 2.21. The number of aromatic nitrogens is 1. The molecule has 2 rings (SSSR count). The Bertz CT molecular complexity index is 685. The lowest BCUT2D eigenvalue weighted by Gasteiger charge is -2.10. The van der Waals surface area contributed by atoms with Crippen molar-refractivity contribution in [1.82, 2.24) is 4.98 Å². The summed E-state index contributed by atoms with van der Waals surface area (Å²) in [5.41, 5.74) is 7.24. The molecular weight excluding hydrogens is 260 g/mol. The lowest BCUT2D eigenvalue weighted by Crippen LogP contribution is -2.16. The van der Waals surface area contributed by atoms with Gasteiger partial charge in [0, 0.05) is 41.9 Å². The lowest BCUT2D eigenvalue weighted by atomic mass is 10.1.